The summed E-state index contributed by atoms with van der Waals surface area (Å²) in [5, 5.41) is 10.4. The van der Waals surface area contributed by atoms with E-state index in [-0.39, 0.29) is 12.6 Å². The number of aliphatic hydroxyl groups excluding tert-OH is 1. The SMILES string of the molecule is CCOC(=O)c1cccc(N(CC)CC(O)COc2ccc(OC)cc2)c1. The van der Waals surface area contributed by atoms with Crippen LogP contribution in [0.5, 0.6) is 11.5 Å². The average Bonchev–Trinajstić information content (AvgIpc) is 2.71. The molecule has 2 aromatic carbocycles. The number of nitrogens with zero attached hydrogens (tertiary/aromatic N) is 1. The number of hydrogen-bond acceptors (Lipinski definition) is 6. The molecule has 0 saturated carbocycles. The van der Waals surface area contributed by atoms with E-state index in [1.165, 1.54) is 0 Å². The van der Waals surface area contributed by atoms with Gasteiger partial charge in [-0.25, -0.2) is 4.79 Å². The summed E-state index contributed by atoms with van der Waals surface area (Å²) >= 11 is 0. The van der Waals surface area contributed by atoms with Crippen molar-refractivity contribution in [2.24, 2.45) is 0 Å². The third-order valence-electron chi connectivity index (χ3n) is 4.04. The van der Waals surface area contributed by atoms with Crippen LogP contribution >= 0.6 is 0 Å². The molecule has 0 aliphatic rings. The first kappa shape index (κ1) is 20.6. The molecule has 0 aromatic heterocycles. The third-order valence-corrected chi connectivity index (χ3v) is 4.04. The van der Waals surface area contributed by atoms with Crippen LogP contribution in [0.2, 0.25) is 0 Å². The fourth-order valence-corrected chi connectivity index (χ4v) is 2.63. The molecule has 0 spiro atoms. The smallest absolute Gasteiger partial charge is 0.338 e. The lowest BCUT2D eigenvalue weighted by atomic mass is 10.1. The molecule has 1 N–H and O–H groups in total. The van der Waals surface area contributed by atoms with Gasteiger partial charge in [0.15, 0.2) is 0 Å². The molecule has 0 fully saturated rings. The van der Waals surface area contributed by atoms with Gasteiger partial charge >= 0.3 is 5.97 Å². The van der Waals surface area contributed by atoms with Gasteiger partial charge in [0.1, 0.15) is 24.2 Å². The van der Waals surface area contributed by atoms with Crippen LogP contribution in [0.4, 0.5) is 5.69 Å². The summed E-state index contributed by atoms with van der Waals surface area (Å²) < 4.78 is 15.8. The lowest BCUT2D eigenvalue weighted by Gasteiger charge is -2.26. The minimum Gasteiger partial charge on any atom is -0.497 e. The maximum absolute atomic E-state index is 11.9. The van der Waals surface area contributed by atoms with Gasteiger partial charge in [-0.05, 0) is 56.3 Å². The van der Waals surface area contributed by atoms with Crippen molar-refractivity contribution in [2.45, 2.75) is 20.0 Å². The summed E-state index contributed by atoms with van der Waals surface area (Å²) in [6, 6.07) is 14.4. The minimum absolute atomic E-state index is 0.167. The van der Waals surface area contributed by atoms with Gasteiger partial charge in [0.25, 0.3) is 0 Å². The molecule has 1 unspecified atom stereocenters. The summed E-state index contributed by atoms with van der Waals surface area (Å²) in [6.45, 7) is 5.35. The van der Waals surface area contributed by atoms with E-state index in [1.54, 1.807) is 50.4 Å². The van der Waals surface area contributed by atoms with Crippen molar-refractivity contribution in [3.63, 3.8) is 0 Å². The van der Waals surface area contributed by atoms with Crippen LogP contribution in [0, 0.1) is 0 Å². The Balaban J connectivity index is 1.94. The Kier molecular flexibility index (Phi) is 7.95. The van der Waals surface area contributed by atoms with Gasteiger partial charge < -0.3 is 24.2 Å². The van der Waals surface area contributed by atoms with Crippen molar-refractivity contribution in [1.29, 1.82) is 0 Å². The van der Waals surface area contributed by atoms with Crippen molar-refractivity contribution < 1.29 is 24.1 Å². The predicted molar refractivity (Wildman–Crippen MR) is 105 cm³/mol. The van der Waals surface area contributed by atoms with Crippen molar-refractivity contribution in [1.82, 2.24) is 0 Å². The van der Waals surface area contributed by atoms with Crippen molar-refractivity contribution in [2.75, 3.05) is 38.3 Å². The number of methoxy groups -OCH3 is 1. The predicted octanol–water partition coefficient (Wildman–Crippen LogP) is 3.14. The Hall–Kier alpha value is -2.73. The molecule has 0 saturated heterocycles. The second-order valence-corrected chi connectivity index (χ2v) is 5.95. The van der Waals surface area contributed by atoms with Crippen LogP contribution in [-0.4, -0.2) is 50.6 Å². The molecule has 0 aliphatic carbocycles. The lowest BCUT2D eigenvalue weighted by molar-refractivity contribution is 0.0526. The van der Waals surface area contributed by atoms with E-state index in [2.05, 4.69) is 0 Å². The van der Waals surface area contributed by atoms with Gasteiger partial charge in [-0.2, -0.15) is 0 Å². The van der Waals surface area contributed by atoms with Crippen molar-refractivity contribution >= 4 is 11.7 Å². The first-order valence-corrected chi connectivity index (χ1v) is 9.04. The van der Waals surface area contributed by atoms with E-state index >= 15 is 0 Å². The molecule has 0 amide bonds. The largest absolute Gasteiger partial charge is 0.497 e. The Labute approximate surface area is 160 Å². The Morgan fingerprint density at radius 3 is 2.44 bits per heavy atom. The molecule has 0 bridgehead atoms. The number of ether oxygens (including phenoxy) is 3. The molecule has 27 heavy (non-hydrogen) atoms. The first-order chi connectivity index (χ1) is 13.1. The number of anilines is 1. The second kappa shape index (κ2) is 10.4. The van der Waals surface area contributed by atoms with Gasteiger partial charge in [-0.1, -0.05) is 6.07 Å². The van der Waals surface area contributed by atoms with Crippen LogP contribution < -0.4 is 14.4 Å². The van der Waals surface area contributed by atoms with Gasteiger partial charge in [0, 0.05) is 18.8 Å². The number of benzene rings is 2. The van der Waals surface area contributed by atoms with Crippen LogP contribution in [-0.2, 0) is 4.74 Å². The van der Waals surface area contributed by atoms with Crippen LogP contribution in [0.25, 0.3) is 0 Å². The maximum atomic E-state index is 11.9. The highest BCUT2D eigenvalue weighted by atomic mass is 16.5. The van der Waals surface area contributed by atoms with E-state index in [4.69, 9.17) is 14.2 Å². The normalized spacial score (nSPS) is 11.6. The monoisotopic (exact) mass is 373 g/mol. The van der Waals surface area contributed by atoms with Gasteiger partial charge in [-0.15, -0.1) is 0 Å². The van der Waals surface area contributed by atoms with Gasteiger partial charge in [0.05, 0.1) is 19.3 Å². The van der Waals surface area contributed by atoms with Crippen LogP contribution in [0.3, 0.4) is 0 Å². The highest BCUT2D eigenvalue weighted by Gasteiger charge is 2.14. The minimum atomic E-state index is -0.682. The molecular weight excluding hydrogens is 346 g/mol. The topological polar surface area (TPSA) is 68.2 Å². The van der Waals surface area contributed by atoms with Gasteiger partial charge in [-0.3, -0.25) is 0 Å². The molecule has 0 aliphatic heterocycles. The number of hydrogen-bond donors (Lipinski definition) is 1. The molecule has 1 atom stereocenters. The molecular formula is C21H27NO5. The fourth-order valence-electron chi connectivity index (χ4n) is 2.63. The lowest BCUT2D eigenvalue weighted by Crippen LogP contribution is -2.35. The van der Waals surface area contributed by atoms with E-state index < -0.39 is 6.10 Å². The van der Waals surface area contributed by atoms with Crippen LogP contribution in [0.1, 0.15) is 24.2 Å². The second-order valence-electron chi connectivity index (χ2n) is 5.95. The number of carbonyl (C=O) groups is 1. The van der Waals surface area contributed by atoms with Crippen molar-refractivity contribution in [3.8, 4) is 11.5 Å². The first-order valence-electron chi connectivity index (χ1n) is 9.04. The zero-order chi connectivity index (χ0) is 19.6. The maximum Gasteiger partial charge on any atom is 0.338 e. The van der Waals surface area contributed by atoms with Gasteiger partial charge in [0.2, 0.25) is 0 Å². The Morgan fingerprint density at radius 2 is 1.81 bits per heavy atom. The summed E-state index contributed by atoms with van der Waals surface area (Å²) in [5.74, 6) is 1.07. The number of rotatable bonds is 10. The Morgan fingerprint density at radius 1 is 1.11 bits per heavy atom. The summed E-state index contributed by atoms with van der Waals surface area (Å²) in [7, 11) is 1.61. The van der Waals surface area contributed by atoms with Crippen molar-refractivity contribution in [3.05, 3.63) is 54.1 Å². The Bertz CT molecular complexity index is 717. The highest BCUT2D eigenvalue weighted by Crippen LogP contribution is 2.19. The van der Waals surface area contributed by atoms with E-state index in [9.17, 15) is 9.90 Å². The zero-order valence-electron chi connectivity index (χ0n) is 16.1. The number of aliphatic hydroxyl groups is 1. The molecule has 2 aromatic rings. The third kappa shape index (κ3) is 6.18. The number of carbonyl (C=O) groups excluding carboxylic acids is 1. The average molecular weight is 373 g/mol. The molecule has 0 heterocycles. The summed E-state index contributed by atoms with van der Waals surface area (Å²) in [5.41, 5.74) is 1.35. The molecule has 6 nitrogen and oxygen atoms in total. The molecule has 146 valence electrons. The summed E-state index contributed by atoms with van der Waals surface area (Å²) in [4.78, 5) is 13.9. The highest BCUT2D eigenvalue weighted by molar-refractivity contribution is 5.90. The number of esters is 1. The quantitative estimate of drug-likeness (QED) is 0.646. The number of likely N-dealkylation sites (N-methyl/N-ethyl adjacent to an activating group) is 1. The molecule has 6 heteroatoms. The van der Waals surface area contributed by atoms with E-state index in [0.717, 1.165) is 11.4 Å². The zero-order valence-corrected chi connectivity index (χ0v) is 16.1. The van der Waals surface area contributed by atoms with Crippen LogP contribution in [0.15, 0.2) is 48.5 Å². The molecule has 0 radical (unpaired) electrons. The fraction of sp³-hybridized carbons (Fsp3) is 0.381. The standard InChI is InChI=1S/C21H27NO5/c1-4-22(17-8-6-7-16(13-17)21(24)26-5-2)14-18(23)15-27-20-11-9-19(25-3)10-12-20/h6-13,18,23H,4-5,14-15H2,1-3H3. The van der Waals surface area contributed by atoms with E-state index in [0.29, 0.717) is 31.0 Å². The van der Waals surface area contributed by atoms with E-state index in [1.807, 2.05) is 24.0 Å². The molecule has 2 rings (SSSR count). The summed E-state index contributed by atoms with van der Waals surface area (Å²) in [6.07, 6.45) is -0.682.